The number of rotatable bonds is 8. The molecule has 0 saturated heterocycles. The van der Waals surface area contributed by atoms with E-state index in [-0.39, 0.29) is 11.1 Å². The lowest BCUT2D eigenvalue weighted by molar-refractivity contribution is -0.614. The van der Waals surface area contributed by atoms with Crippen molar-refractivity contribution in [1.29, 1.82) is 0 Å². The third-order valence-electron chi connectivity index (χ3n) is 7.40. The summed E-state index contributed by atoms with van der Waals surface area (Å²) in [6.45, 7) is 0. The predicted octanol–water partition coefficient (Wildman–Crippen LogP) is 6.82. The number of methoxy groups -OCH3 is 1. The molecule has 1 N–H and O–H groups in total. The van der Waals surface area contributed by atoms with Crippen molar-refractivity contribution in [3.05, 3.63) is 99.8 Å². The lowest BCUT2D eigenvalue weighted by Crippen LogP contribution is -2.35. The molecule has 1 atom stereocenters. The molecule has 9 nitrogen and oxygen atoms in total. The number of nitrogens with zero attached hydrogens (tertiary/aromatic N) is 5. The van der Waals surface area contributed by atoms with Gasteiger partial charge in [0.2, 0.25) is 5.69 Å². The number of halogens is 2. The highest BCUT2D eigenvalue weighted by atomic mass is 35.5. The van der Waals surface area contributed by atoms with Crippen LogP contribution in [0.1, 0.15) is 42.9 Å². The summed E-state index contributed by atoms with van der Waals surface area (Å²) < 4.78 is 7.17. The van der Waals surface area contributed by atoms with E-state index in [0.717, 1.165) is 33.6 Å². The first-order valence-electron chi connectivity index (χ1n) is 13.2. The molecule has 6 rings (SSSR count). The van der Waals surface area contributed by atoms with Crippen molar-refractivity contribution in [2.75, 3.05) is 12.4 Å². The summed E-state index contributed by atoms with van der Waals surface area (Å²) in [6.07, 6.45) is 8.41. The van der Waals surface area contributed by atoms with Crippen LogP contribution in [-0.2, 0) is 4.74 Å². The van der Waals surface area contributed by atoms with Crippen LogP contribution in [0.2, 0.25) is 10.2 Å². The number of allylic oxidation sites excluding steroid dienone is 1. The number of hydrogen-bond acceptors (Lipinski definition) is 6. The van der Waals surface area contributed by atoms with Gasteiger partial charge in [-0.15, -0.1) is 5.10 Å². The molecule has 0 bridgehead atoms. The molecule has 0 spiro atoms. The first kappa shape index (κ1) is 27.0. The van der Waals surface area contributed by atoms with Crippen LogP contribution in [0.4, 0.5) is 10.5 Å². The third-order valence-corrected chi connectivity index (χ3v) is 7.81. The fourth-order valence-corrected chi connectivity index (χ4v) is 5.41. The number of carbonyl (C=O) groups excluding carboxylic acids is 1. The van der Waals surface area contributed by atoms with Crippen LogP contribution < -0.4 is 10.0 Å². The van der Waals surface area contributed by atoms with Crippen molar-refractivity contribution in [2.45, 2.75) is 31.6 Å². The SMILES string of the molecule is COC(=O)Nc1ccc(C2=CN=C(C(CC3CC3)c3ccc(-c4cc(Cl)ccc4-n4cc(Cl)nn4)c[n+]3[O-])C2)cc1. The molecule has 1 amide bonds. The van der Waals surface area contributed by atoms with Crippen molar-refractivity contribution in [3.63, 3.8) is 0 Å². The number of amides is 1. The average molecular weight is 589 g/mol. The molecular formula is C30H26Cl2N6O3. The van der Waals surface area contributed by atoms with E-state index in [0.29, 0.717) is 40.0 Å². The largest absolute Gasteiger partial charge is 0.618 e. The highest BCUT2D eigenvalue weighted by molar-refractivity contribution is 6.31. The highest BCUT2D eigenvalue weighted by Gasteiger charge is 2.34. The molecule has 2 aromatic carbocycles. The molecule has 0 radical (unpaired) electrons. The fourth-order valence-electron chi connectivity index (χ4n) is 5.11. The highest BCUT2D eigenvalue weighted by Crippen LogP contribution is 2.41. The van der Waals surface area contributed by atoms with Gasteiger partial charge in [0.1, 0.15) is 0 Å². The van der Waals surface area contributed by atoms with Gasteiger partial charge in [0.25, 0.3) is 0 Å². The average Bonchev–Trinajstić information content (AvgIpc) is 3.47. The lowest BCUT2D eigenvalue weighted by atomic mass is 9.88. The van der Waals surface area contributed by atoms with Crippen LogP contribution >= 0.6 is 23.2 Å². The maximum Gasteiger partial charge on any atom is 0.411 e. The molecule has 41 heavy (non-hydrogen) atoms. The zero-order valence-electron chi connectivity index (χ0n) is 22.1. The van der Waals surface area contributed by atoms with E-state index in [1.807, 2.05) is 48.7 Å². The summed E-state index contributed by atoms with van der Waals surface area (Å²) in [4.78, 5) is 16.3. The topological polar surface area (TPSA) is 108 Å². The molecule has 1 saturated carbocycles. The monoisotopic (exact) mass is 588 g/mol. The van der Waals surface area contributed by atoms with Crippen molar-refractivity contribution < 1.29 is 14.3 Å². The van der Waals surface area contributed by atoms with Gasteiger partial charge in [-0.3, -0.25) is 10.3 Å². The third kappa shape index (κ3) is 5.96. The normalized spacial score (nSPS) is 15.3. The molecule has 11 heteroatoms. The van der Waals surface area contributed by atoms with E-state index in [1.165, 1.54) is 20.0 Å². The second-order valence-electron chi connectivity index (χ2n) is 10.2. The van der Waals surface area contributed by atoms with Gasteiger partial charge in [-0.2, -0.15) is 4.73 Å². The van der Waals surface area contributed by atoms with Crippen LogP contribution in [0.25, 0.3) is 22.4 Å². The molecule has 3 heterocycles. The fraction of sp³-hybridized carbons (Fsp3) is 0.233. The quantitative estimate of drug-likeness (QED) is 0.179. The molecule has 1 fully saturated rings. The Bertz CT molecular complexity index is 1680. The number of nitrogens with one attached hydrogen (secondary N) is 1. The number of carbonyl (C=O) groups is 1. The van der Waals surface area contributed by atoms with Crippen molar-refractivity contribution in [1.82, 2.24) is 15.0 Å². The first-order valence-corrected chi connectivity index (χ1v) is 14.0. The molecule has 1 unspecified atom stereocenters. The minimum Gasteiger partial charge on any atom is -0.618 e. The number of pyridine rings is 1. The van der Waals surface area contributed by atoms with Gasteiger partial charge in [0, 0.05) is 46.2 Å². The number of ether oxygens (including phenoxy) is 1. The number of aromatic nitrogens is 4. The standard InChI is InChI=1S/C30H26Cl2N6O3/c1-41-30(39)34-23-8-4-19(5-9-23)21-13-26(33-15-21)25(12-18-2-3-18)28-10-6-20(16-38(28)40)24-14-22(31)7-11-27(24)37-17-29(32)35-36-37/h4-11,14-18,25H,2-3,12-13H2,1H3,(H,34,39). The zero-order valence-corrected chi connectivity index (χ0v) is 23.6. The van der Waals surface area contributed by atoms with Gasteiger partial charge in [0.15, 0.2) is 11.3 Å². The molecule has 4 aromatic rings. The number of hydrogen-bond donors (Lipinski definition) is 1. The first-order chi connectivity index (χ1) is 19.9. The molecule has 208 valence electrons. The van der Waals surface area contributed by atoms with Gasteiger partial charge in [0.05, 0.1) is 24.9 Å². The van der Waals surface area contributed by atoms with Crippen LogP contribution in [0, 0.1) is 11.1 Å². The van der Waals surface area contributed by atoms with E-state index < -0.39 is 6.09 Å². The summed E-state index contributed by atoms with van der Waals surface area (Å²) in [7, 11) is 1.33. The Hall–Kier alpha value is -4.21. The molecule has 2 aliphatic rings. The van der Waals surface area contributed by atoms with Gasteiger partial charge in [-0.05, 0) is 59.9 Å². The minimum atomic E-state index is -0.516. The molecule has 1 aliphatic carbocycles. The second kappa shape index (κ2) is 11.3. The Balaban J connectivity index is 1.25. The van der Waals surface area contributed by atoms with E-state index in [4.69, 9.17) is 28.2 Å². The number of aliphatic imine (C=N–C) groups is 1. The Morgan fingerprint density at radius 2 is 1.93 bits per heavy atom. The molecule has 2 aromatic heterocycles. The van der Waals surface area contributed by atoms with Gasteiger partial charge >= 0.3 is 6.09 Å². The maximum absolute atomic E-state index is 13.6. The van der Waals surface area contributed by atoms with Crippen LogP contribution in [-0.4, -0.2) is 33.9 Å². The Morgan fingerprint density at radius 3 is 2.61 bits per heavy atom. The number of anilines is 1. The predicted molar refractivity (Wildman–Crippen MR) is 158 cm³/mol. The van der Waals surface area contributed by atoms with Crippen LogP contribution in [0.15, 0.2) is 78.2 Å². The van der Waals surface area contributed by atoms with E-state index in [9.17, 15) is 10.0 Å². The lowest BCUT2D eigenvalue weighted by Gasteiger charge is -2.18. The Morgan fingerprint density at radius 1 is 1.15 bits per heavy atom. The Labute approximate surface area is 246 Å². The summed E-state index contributed by atoms with van der Waals surface area (Å²) in [5, 5.41) is 25.0. The second-order valence-corrected chi connectivity index (χ2v) is 11.0. The van der Waals surface area contributed by atoms with Gasteiger partial charge in [-0.25, -0.2) is 9.48 Å². The van der Waals surface area contributed by atoms with Crippen molar-refractivity contribution in [3.8, 4) is 16.8 Å². The maximum atomic E-state index is 13.6. The van der Waals surface area contributed by atoms with Gasteiger partial charge < -0.3 is 9.94 Å². The van der Waals surface area contributed by atoms with Crippen molar-refractivity contribution >= 4 is 46.3 Å². The minimum absolute atomic E-state index is 0.101. The smallest absolute Gasteiger partial charge is 0.411 e. The van der Waals surface area contributed by atoms with Crippen molar-refractivity contribution in [2.24, 2.45) is 10.9 Å². The summed E-state index contributed by atoms with van der Waals surface area (Å²) in [5.41, 5.74) is 6.51. The summed E-state index contributed by atoms with van der Waals surface area (Å²) in [6, 6.07) is 16.7. The molecular weight excluding hydrogens is 563 g/mol. The zero-order chi connectivity index (χ0) is 28.5. The number of benzene rings is 2. The summed E-state index contributed by atoms with van der Waals surface area (Å²) >= 11 is 12.3. The van der Waals surface area contributed by atoms with E-state index in [2.05, 4.69) is 20.4 Å². The van der Waals surface area contributed by atoms with Gasteiger partial charge in [-0.1, -0.05) is 53.4 Å². The van der Waals surface area contributed by atoms with E-state index >= 15 is 0 Å². The summed E-state index contributed by atoms with van der Waals surface area (Å²) in [5.74, 6) is 0.489. The van der Waals surface area contributed by atoms with Crippen LogP contribution in [0.5, 0.6) is 0 Å². The Kier molecular flexibility index (Phi) is 7.47. The molecule has 1 aliphatic heterocycles. The van der Waals surface area contributed by atoms with E-state index in [1.54, 1.807) is 29.2 Å². The van der Waals surface area contributed by atoms with Crippen LogP contribution in [0.3, 0.4) is 0 Å².